The average molecular weight is 463 g/mol. The number of halogens is 1. The molecule has 0 radical (unpaired) electrons. The molecule has 1 aromatic heterocycles. The van der Waals surface area contributed by atoms with E-state index in [-0.39, 0.29) is 24.0 Å². The van der Waals surface area contributed by atoms with Gasteiger partial charge in [0.05, 0.1) is 12.2 Å². The quantitative estimate of drug-likeness (QED) is 0.282. The van der Waals surface area contributed by atoms with Crippen LogP contribution in [0, 0.1) is 5.92 Å². The Balaban J connectivity index is 0.00000312. The van der Waals surface area contributed by atoms with E-state index in [9.17, 15) is 0 Å². The third-order valence-electron chi connectivity index (χ3n) is 4.64. The highest BCUT2D eigenvalue weighted by Gasteiger charge is 2.14. The van der Waals surface area contributed by atoms with Crippen LogP contribution in [0.1, 0.15) is 57.4 Å². The first-order chi connectivity index (χ1) is 11.6. The molecule has 144 valence electrons. The van der Waals surface area contributed by atoms with Crippen molar-refractivity contribution in [1.29, 1.82) is 0 Å². The van der Waals surface area contributed by atoms with Crippen LogP contribution in [-0.2, 0) is 6.54 Å². The summed E-state index contributed by atoms with van der Waals surface area (Å²) in [6, 6.07) is 2.00. The van der Waals surface area contributed by atoms with Gasteiger partial charge in [0.25, 0.3) is 0 Å². The van der Waals surface area contributed by atoms with Crippen molar-refractivity contribution in [2.45, 2.75) is 52.5 Å². The number of aromatic nitrogens is 1. The van der Waals surface area contributed by atoms with Crippen molar-refractivity contribution in [3.05, 3.63) is 17.5 Å². The average Bonchev–Trinajstić information content (AvgIpc) is 3.05. The first-order valence-corrected chi connectivity index (χ1v) is 9.21. The van der Waals surface area contributed by atoms with Crippen LogP contribution in [0.4, 0.5) is 0 Å². The predicted molar refractivity (Wildman–Crippen MR) is 114 cm³/mol. The van der Waals surface area contributed by atoms with Gasteiger partial charge >= 0.3 is 0 Å². The Morgan fingerprint density at radius 3 is 2.68 bits per heavy atom. The molecule has 1 aliphatic heterocycles. The monoisotopic (exact) mass is 463 g/mol. The predicted octanol–water partition coefficient (Wildman–Crippen LogP) is 3.20. The van der Waals surface area contributed by atoms with Crippen molar-refractivity contribution >= 4 is 29.9 Å². The smallest absolute Gasteiger partial charge is 0.191 e. The normalized spacial score (nSPS) is 16.8. The molecule has 0 aliphatic carbocycles. The van der Waals surface area contributed by atoms with Crippen LogP contribution < -0.4 is 10.6 Å². The molecular weight excluding hydrogens is 429 g/mol. The molecule has 2 rings (SSSR count). The zero-order chi connectivity index (χ0) is 17.4. The van der Waals surface area contributed by atoms with Crippen molar-refractivity contribution in [1.82, 2.24) is 20.7 Å². The molecule has 6 nitrogen and oxygen atoms in total. The Morgan fingerprint density at radius 1 is 1.36 bits per heavy atom. The van der Waals surface area contributed by atoms with Gasteiger partial charge in [0.2, 0.25) is 0 Å². The molecule has 7 heteroatoms. The van der Waals surface area contributed by atoms with Crippen LogP contribution in [0.3, 0.4) is 0 Å². The van der Waals surface area contributed by atoms with E-state index in [1.54, 1.807) is 7.05 Å². The molecule has 0 atom stereocenters. The Hall–Kier alpha value is -0.830. The summed E-state index contributed by atoms with van der Waals surface area (Å²) in [5.74, 6) is 2.93. The second kappa shape index (κ2) is 11.7. The number of hydrogen-bond acceptors (Lipinski definition) is 4. The molecule has 1 saturated heterocycles. The summed E-state index contributed by atoms with van der Waals surface area (Å²) in [6.45, 7) is 11.8. The number of nitrogens with zero attached hydrogens (tertiary/aromatic N) is 3. The van der Waals surface area contributed by atoms with Gasteiger partial charge in [-0.1, -0.05) is 25.9 Å². The Bertz CT molecular complexity index is 509. The number of nitrogens with one attached hydrogen (secondary N) is 2. The maximum absolute atomic E-state index is 5.33. The van der Waals surface area contributed by atoms with Gasteiger partial charge in [0.15, 0.2) is 11.7 Å². The third kappa shape index (κ3) is 7.94. The molecule has 25 heavy (non-hydrogen) atoms. The molecule has 0 aromatic carbocycles. The molecule has 1 aliphatic rings. The van der Waals surface area contributed by atoms with Gasteiger partial charge in [0.1, 0.15) is 0 Å². The number of hydrogen-bond donors (Lipinski definition) is 2. The highest BCUT2D eigenvalue weighted by atomic mass is 127. The van der Waals surface area contributed by atoms with Crippen molar-refractivity contribution in [2.24, 2.45) is 10.9 Å². The second-order valence-corrected chi connectivity index (χ2v) is 7.10. The fourth-order valence-electron chi connectivity index (χ4n) is 2.87. The van der Waals surface area contributed by atoms with Crippen LogP contribution in [0.5, 0.6) is 0 Å². The summed E-state index contributed by atoms with van der Waals surface area (Å²) in [5.41, 5.74) is 0.991. The van der Waals surface area contributed by atoms with Gasteiger partial charge in [0, 0.05) is 19.7 Å². The lowest BCUT2D eigenvalue weighted by molar-refractivity contribution is 0.191. The van der Waals surface area contributed by atoms with E-state index >= 15 is 0 Å². The molecule has 2 N–H and O–H groups in total. The van der Waals surface area contributed by atoms with Gasteiger partial charge in [-0.05, 0) is 50.7 Å². The van der Waals surface area contributed by atoms with E-state index < -0.39 is 0 Å². The Morgan fingerprint density at radius 2 is 2.08 bits per heavy atom. The number of guanidine groups is 1. The van der Waals surface area contributed by atoms with Crippen LogP contribution in [0.25, 0.3) is 0 Å². The molecule has 0 saturated carbocycles. The summed E-state index contributed by atoms with van der Waals surface area (Å²) < 4.78 is 5.33. The molecule has 1 aromatic rings. The van der Waals surface area contributed by atoms with E-state index in [1.165, 1.54) is 25.9 Å². The van der Waals surface area contributed by atoms with E-state index in [0.29, 0.717) is 12.5 Å². The van der Waals surface area contributed by atoms with Gasteiger partial charge in [-0.25, -0.2) is 0 Å². The van der Waals surface area contributed by atoms with Crippen LogP contribution >= 0.6 is 24.0 Å². The highest BCUT2D eigenvalue weighted by Crippen LogP contribution is 2.15. The van der Waals surface area contributed by atoms with Crippen molar-refractivity contribution in [2.75, 3.05) is 33.2 Å². The Kier molecular flexibility index (Phi) is 10.4. The lowest BCUT2D eigenvalue weighted by atomic mass is 9.99. The Labute approximate surface area is 169 Å². The topological polar surface area (TPSA) is 65.7 Å². The van der Waals surface area contributed by atoms with Crippen molar-refractivity contribution in [3.8, 4) is 0 Å². The summed E-state index contributed by atoms with van der Waals surface area (Å²) >= 11 is 0. The zero-order valence-corrected chi connectivity index (χ0v) is 18.4. The fourth-order valence-corrected chi connectivity index (χ4v) is 2.87. The first kappa shape index (κ1) is 22.2. The minimum atomic E-state index is 0. The number of likely N-dealkylation sites (tertiary alicyclic amines) is 1. The fraction of sp³-hybridized carbons (Fsp3) is 0.778. The lowest BCUT2D eigenvalue weighted by Crippen LogP contribution is -2.39. The maximum Gasteiger partial charge on any atom is 0.191 e. The molecule has 1 fully saturated rings. The van der Waals surface area contributed by atoms with Crippen LogP contribution in [-0.4, -0.2) is 49.2 Å². The van der Waals surface area contributed by atoms with E-state index in [0.717, 1.165) is 42.8 Å². The number of rotatable bonds is 7. The lowest BCUT2D eigenvalue weighted by Gasteiger charge is -2.30. The highest BCUT2D eigenvalue weighted by molar-refractivity contribution is 14.0. The van der Waals surface area contributed by atoms with Crippen molar-refractivity contribution in [3.63, 3.8) is 0 Å². The maximum atomic E-state index is 5.33. The summed E-state index contributed by atoms with van der Waals surface area (Å²) in [4.78, 5) is 6.83. The van der Waals surface area contributed by atoms with E-state index in [2.05, 4.69) is 46.5 Å². The van der Waals surface area contributed by atoms with Crippen LogP contribution in [0.2, 0.25) is 0 Å². The minimum Gasteiger partial charge on any atom is -0.359 e. The summed E-state index contributed by atoms with van der Waals surface area (Å²) in [5, 5.41) is 10.7. The molecule has 0 spiro atoms. The minimum absolute atomic E-state index is 0. The third-order valence-corrected chi connectivity index (χ3v) is 4.64. The SMILES string of the molecule is CN=C(NCCCN1CCC(C)CC1)NCc1cc(C(C)C)no1.I. The van der Waals surface area contributed by atoms with Gasteiger partial charge in [-0.15, -0.1) is 24.0 Å². The number of aliphatic imine (C=N–C) groups is 1. The number of piperidine rings is 1. The molecule has 0 unspecified atom stereocenters. The largest absolute Gasteiger partial charge is 0.359 e. The summed E-state index contributed by atoms with van der Waals surface area (Å²) in [6.07, 6.45) is 3.81. The molecule has 0 bridgehead atoms. The van der Waals surface area contributed by atoms with Gasteiger partial charge in [-0.2, -0.15) is 0 Å². The zero-order valence-electron chi connectivity index (χ0n) is 16.0. The summed E-state index contributed by atoms with van der Waals surface area (Å²) in [7, 11) is 1.79. The molecule has 0 amide bonds. The molecule has 2 heterocycles. The second-order valence-electron chi connectivity index (χ2n) is 7.10. The van der Waals surface area contributed by atoms with Gasteiger partial charge in [-0.3, -0.25) is 4.99 Å². The first-order valence-electron chi connectivity index (χ1n) is 9.21. The van der Waals surface area contributed by atoms with Crippen LogP contribution in [0.15, 0.2) is 15.6 Å². The van der Waals surface area contributed by atoms with E-state index in [1.807, 2.05) is 6.07 Å². The standard InChI is InChI=1S/C18H33N5O.HI/c1-14(2)17-12-16(24-22-17)13-21-18(19-4)20-8-5-9-23-10-6-15(3)7-11-23;/h12,14-15H,5-11,13H2,1-4H3,(H2,19,20,21);1H. The van der Waals surface area contributed by atoms with Gasteiger partial charge < -0.3 is 20.1 Å². The van der Waals surface area contributed by atoms with E-state index in [4.69, 9.17) is 4.52 Å². The van der Waals surface area contributed by atoms with Crippen molar-refractivity contribution < 1.29 is 4.52 Å². The molecular formula is C18H34IN5O.